The highest BCUT2D eigenvalue weighted by molar-refractivity contribution is 5.98. The van der Waals surface area contributed by atoms with Gasteiger partial charge in [0, 0.05) is 19.6 Å². The normalized spacial score (nSPS) is 12.1. The number of halogens is 4. The summed E-state index contributed by atoms with van der Waals surface area (Å²) < 4.78 is 69.1. The van der Waals surface area contributed by atoms with Gasteiger partial charge < -0.3 is 13.9 Å². The maximum Gasteiger partial charge on any atom is 0.272 e. The number of ether oxygens (including phenoxy) is 2. The number of benzene rings is 1. The SMILES string of the molecule is CCOC(CCCCc1cc(F)c(F)c(F)c1F)(O[SiH3])OCC. The predicted octanol–water partition coefficient (Wildman–Crippen LogP) is 2.98. The molecule has 1 aromatic rings. The molecule has 23 heavy (non-hydrogen) atoms. The first-order chi connectivity index (χ1) is 10.9. The van der Waals surface area contributed by atoms with Crippen LogP contribution in [-0.2, 0) is 20.3 Å². The Kier molecular flexibility index (Phi) is 8.17. The van der Waals surface area contributed by atoms with E-state index in [9.17, 15) is 17.6 Å². The second-order valence-electron chi connectivity index (χ2n) is 4.92. The van der Waals surface area contributed by atoms with Crippen molar-refractivity contribution in [3.63, 3.8) is 0 Å². The molecule has 0 fully saturated rings. The molecule has 0 aliphatic heterocycles. The van der Waals surface area contributed by atoms with E-state index in [0.717, 1.165) is 0 Å². The Hall–Kier alpha value is -0.963. The van der Waals surface area contributed by atoms with E-state index >= 15 is 0 Å². The number of rotatable bonds is 10. The smallest absolute Gasteiger partial charge is 0.272 e. The average molecular weight is 354 g/mol. The zero-order valence-corrected chi connectivity index (χ0v) is 15.6. The Morgan fingerprint density at radius 2 is 1.57 bits per heavy atom. The first-order valence-electron chi connectivity index (χ1n) is 7.55. The van der Waals surface area contributed by atoms with Crippen molar-refractivity contribution in [3.8, 4) is 0 Å². The lowest BCUT2D eigenvalue weighted by molar-refractivity contribution is -0.344. The van der Waals surface area contributed by atoms with E-state index in [-0.39, 0.29) is 12.0 Å². The van der Waals surface area contributed by atoms with Crippen LogP contribution in [-0.4, -0.2) is 29.7 Å². The number of unbranched alkanes of at least 4 members (excludes halogenated alkanes) is 1. The molecule has 0 heterocycles. The first kappa shape index (κ1) is 20.1. The fraction of sp³-hybridized carbons (Fsp3) is 0.600. The van der Waals surface area contributed by atoms with E-state index in [2.05, 4.69) is 0 Å². The number of aryl methyl sites for hydroxylation is 1. The van der Waals surface area contributed by atoms with Crippen molar-refractivity contribution in [1.29, 1.82) is 0 Å². The van der Waals surface area contributed by atoms with Gasteiger partial charge in [0.1, 0.15) is 0 Å². The summed E-state index contributed by atoms with van der Waals surface area (Å²) in [5.41, 5.74) is -0.188. The van der Waals surface area contributed by atoms with Gasteiger partial charge in [-0.1, -0.05) is 0 Å². The molecule has 0 saturated heterocycles. The highest BCUT2D eigenvalue weighted by Gasteiger charge is 2.30. The Bertz CT molecular complexity index is 508. The van der Waals surface area contributed by atoms with Crippen LogP contribution < -0.4 is 0 Å². The van der Waals surface area contributed by atoms with Crippen molar-refractivity contribution in [2.45, 2.75) is 45.5 Å². The Balaban J connectivity index is 2.63. The summed E-state index contributed by atoms with van der Waals surface area (Å²) in [6, 6.07) is 0.690. The minimum atomic E-state index is -1.79. The Labute approximate surface area is 136 Å². The van der Waals surface area contributed by atoms with Crippen molar-refractivity contribution in [2.24, 2.45) is 0 Å². The molecule has 1 aromatic carbocycles. The molecule has 8 heteroatoms. The van der Waals surface area contributed by atoms with Gasteiger partial charge in [0.25, 0.3) is 5.97 Å². The lowest BCUT2D eigenvalue weighted by Crippen LogP contribution is -2.38. The van der Waals surface area contributed by atoms with Crippen LogP contribution in [0, 0.1) is 23.3 Å². The third-order valence-electron chi connectivity index (χ3n) is 3.40. The molecule has 0 bridgehead atoms. The third-order valence-corrected chi connectivity index (χ3v) is 4.02. The van der Waals surface area contributed by atoms with E-state index in [0.29, 0.717) is 49.0 Å². The van der Waals surface area contributed by atoms with E-state index in [1.54, 1.807) is 0 Å². The molecule has 3 nitrogen and oxygen atoms in total. The van der Waals surface area contributed by atoms with Gasteiger partial charge in [0.2, 0.25) is 0 Å². The molecule has 132 valence electrons. The van der Waals surface area contributed by atoms with E-state index in [1.807, 2.05) is 13.8 Å². The number of hydrogen-bond donors (Lipinski definition) is 0. The molecule has 0 N–H and O–H groups in total. The zero-order valence-electron chi connectivity index (χ0n) is 13.6. The molecular weight excluding hydrogens is 332 g/mol. The van der Waals surface area contributed by atoms with Gasteiger partial charge in [-0.3, -0.25) is 0 Å². The monoisotopic (exact) mass is 354 g/mol. The van der Waals surface area contributed by atoms with Gasteiger partial charge in [-0.2, -0.15) is 0 Å². The average Bonchev–Trinajstić information content (AvgIpc) is 2.54. The van der Waals surface area contributed by atoms with Crippen LogP contribution in [0.5, 0.6) is 0 Å². The van der Waals surface area contributed by atoms with Crippen LogP contribution in [0.4, 0.5) is 17.6 Å². The predicted molar refractivity (Wildman–Crippen MR) is 80.8 cm³/mol. The molecular formula is C15H22F4O3Si. The fourth-order valence-corrected chi connectivity index (χ4v) is 2.75. The van der Waals surface area contributed by atoms with Crippen LogP contribution in [0.3, 0.4) is 0 Å². The van der Waals surface area contributed by atoms with Crippen LogP contribution >= 0.6 is 0 Å². The minimum Gasteiger partial charge on any atom is -0.380 e. The summed E-state index contributed by atoms with van der Waals surface area (Å²) in [7, 11) is 0.413. The fourth-order valence-electron chi connectivity index (χ4n) is 2.31. The van der Waals surface area contributed by atoms with Gasteiger partial charge in [0.05, 0.1) is 0 Å². The quantitative estimate of drug-likeness (QED) is 0.161. The first-order valence-corrected chi connectivity index (χ1v) is 8.37. The summed E-state index contributed by atoms with van der Waals surface area (Å²) in [6.07, 6.45) is 1.44. The Morgan fingerprint density at radius 1 is 0.957 bits per heavy atom. The molecule has 0 atom stereocenters. The molecule has 1 rings (SSSR count). The second-order valence-corrected chi connectivity index (χ2v) is 5.33. The summed E-state index contributed by atoms with van der Waals surface area (Å²) in [6.45, 7) is 4.44. The Morgan fingerprint density at radius 3 is 2.09 bits per heavy atom. The molecule has 0 saturated carbocycles. The molecule has 0 aliphatic rings. The lowest BCUT2D eigenvalue weighted by atomic mass is 10.1. The molecule has 0 aliphatic carbocycles. The molecule has 0 radical (unpaired) electrons. The zero-order chi connectivity index (χ0) is 17.5. The third kappa shape index (κ3) is 5.27. The largest absolute Gasteiger partial charge is 0.380 e. The molecule has 0 aromatic heterocycles. The molecule has 0 amide bonds. The standard InChI is InChI=1S/C15H22F4O3Si/c1-3-20-15(22-23,21-4-2)8-6-5-7-10-9-11(16)13(18)14(19)12(10)17/h9H,3-8H2,1-2,23H3. The van der Waals surface area contributed by atoms with Crippen LogP contribution in [0.2, 0.25) is 0 Å². The van der Waals surface area contributed by atoms with Gasteiger partial charge in [-0.25, -0.2) is 17.6 Å². The highest BCUT2D eigenvalue weighted by Crippen LogP contribution is 2.24. The van der Waals surface area contributed by atoms with Crippen molar-refractivity contribution in [3.05, 3.63) is 34.9 Å². The van der Waals surface area contributed by atoms with E-state index in [4.69, 9.17) is 13.9 Å². The van der Waals surface area contributed by atoms with Crippen LogP contribution in [0.1, 0.15) is 38.7 Å². The van der Waals surface area contributed by atoms with Gasteiger partial charge in [-0.05, 0) is 44.7 Å². The van der Waals surface area contributed by atoms with Crippen LogP contribution in [0.15, 0.2) is 6.07 Å². The van der Waals surface area contributed by atoms with Gasteiger partial charge in [0.15, 0.2) is 33.8 Å². The van der Waals surface area contributed by atoms with E-state index in [1.165, 1.54) is 0 Å². The van der Waals surface area contributed by atoms with Crippen LogP contribution in [0.25, 0.3) is 0 Å². The maximum atomic E-state index is 13.6. The topological polar surface area (TPSA) is 27.7 Å². The van der Waals surface area contributed by atoms with E-state index < -0.39 is 29.2 Å². The second kappa shape index (κ2) is 9.36. The maximum absolute atomic E-state index is 13.6. The summed E-state index contributed by atoms with van der Waals surface area (Å²) in [4.78, 5) is 0. The minimum absolute atomic E-state index is 0.0788. The summed E-state index contributed by atoms with van der Waals surface area (Å²) >= 11 is 0. The van der Waals surface area contributed by atoms with Crippen molar-refractivity contribution in [1.82, 2.24) is 0 Å². The summed E-state index contributed by atoms with van der Waals surface area (Å²) in [5, 5.41) is 0. The van der Waals surface area contributed by atoms with Gasteiger partial charge >= 0.3 is 0 Å². The van der Waals surface area contributed by atoms with Gasteiger partial charge in [-0.15, -0.1) is 0 Å². The lowest BCUT2D eigenvalue weighted by Gasteiger charge is -2.31. The van der Waals surface area contributed by atoms with Crippen molar-refractivity contribution >= 4 is 10.5 Å². The molecule has 0 unspecified atom stereocenters. The number of hydrogen-bond acceptors (Lipinski definition) is 3. The van der Waals surface area contributed by atoms with Crippen molar-refractivity contribution < 1.29 is 31.5 Å². The van der Waals surface area contributed by atoms with Crippen molar-refractivity contribution in [2.75, 3.05) is 13.2 Å². The summed E-state index contributed by atoms with van der Waals surface area (Å²) in [5.74, 6) is -7.42. The molecule has 0 spiro atoms. The highest BCUT2D eigenvalue weighted by atomic mass is 28.2.